The summed E-state index contributed by atoms with van der Waals surface area (Å²) in [6.45, 7) is 8.74. The largest absolute Gasteiger partial charge is 0.381 e. The predicted molar refractivity (Wildman–Crippen MR) is 120 cm³/mol. The molecule has 0 aromatic heterocycles. The third kappa shape index (κ3) is 6.60. The lowest BCUT2D eigenvalue weighted by atomic mass is 9.79. The van der Waals surface area contributed by atoms with Crippen LogP contribution in [0.25, 0.3) is 0 Å². The van der Waals surface area contributed by atoms with Crippen LogP contribution in [-0.2, 0) is 9.53 Å². The van der Waals surface area contributed by atoms with E-state index in [1.54, 1.807) is 0 Å². The number of hydrogen-bond acceptors (Lipinski definition) is 4. The molecule has 1 fully saturated rings. The van der Waals surface area contributed by atoms with E-state index >= 15 is 0 Å². The number of hydrogen-bond donors (Lipinski definition) is 3. The van der Waals surface area contributed by atoms with Crippen molar-refractivity contribution in [3.63, 3.8) is 0 Å². The van der Waals surface area contributed by atoms with E-state index in [-0.39, 0.29) is 42.3 Å². The first-order valence-electron chi connectivity index (χ1n) is 9.89. The minimum Gasteiger partial charge on any atom is -0.381 e. The molecule has 1 aromatic carbocycles. The van der Waals surface area contributed by atoms with Gasteiger partial charge in [0, 0.05) is 37.9 Å². The van der Waals surface area contributed by atoms with E-state index in [1.807, 2.05) is 6.07 Å². The van der Waals surface area contributed by atoms with Crippen LogP contribution in [0.1, 0.15) is 58.1 Å². The van der Waals surface area contributed by atoms with Gasteiger partial charge in [-0.3, -0.25) is 4.79 Å². The molecule has 1 heterocycles. The van der Waals surface area contributed by atoms with Crippen LogP contribution in [0.4, 0.5) is 0 Å². The third-order valence-electron chi connectivity index (χ3n) is 6.09. The Morgan fingerprint density at radius 1 is 1.18 bits per heavy atom. The fourth-order valence-electron chi connectivity index (χ4n) is 3.76. The van der Waals surface area contributed by atoms with Gasteiger partial charge in [-0.05, 0) is 38.2 Å². The summed E-state index contributed by atoms with van der Waals surface area (Å²) in [5.41, 5.74) is 6.62. The van der Waals surface area contributed by atoms with E-state index in [0.717, 1.165) is 12.8 Å². The average Bonchev–Trinajstić information content (AvgIpc) is 2.72. The van der Waals surface area contributed by atoms with Gasteiger partial charge in [-0.25, -0.2) is 0 Å². The normalized spacial score (nSPS) is 17.0. The zero-order valence-corrected chi connectivity index (χ0v) is 19.0. The van der Waals surface area contributed by atoms with Gasteiger partial charge in [0.25, 0.3) is 0 Å². The van der Waals surface area contributed by atoms with Crippen LogP contribution in [0.3, 0.4) is 0 Å². The number of nitrogens with one attached hydrogen (secondary N) is 2. The molecule has 162 valence electrons. The van der Waals surface area contributed by atoms with Crippen molar-refractivity contribution in [1.82, 2.24) is 10.6 Å². The Morgan fingerprint density at radius 3 is 2.25 bits per heavy atom. The zero-order chi connectivity index (χ0) is 19.0. The summed E-state index contributed by atoms with van der Waals surface area (Å²) in [4.78, 5) is 12.9. The van der Waals surface area contributed by atoms with Crippen LogP contribution in [0, 0.1) is 5.41 Å². The van der Waals surface area contributed by atoms with Crippen molar-refractivity contribution in [2.24, 2.45) is 11.1 Å². The van der Waals surface area contributed by atoms with Gasteiger partial charge in [0.05, 0.1) is 5.41 Å². The van der Waals surface area contributed by atoms with Gasteiger partial charge in [-0.2, -0.15) is 0 Å². The Hall–Kier alpha value is -0.850. The molecule has 1 atom stereocenters. The number of halogens is 2. The van der Waals surface area contributed by atoms with E-state index in [2.05, 4.69) is 55.7 Å². The average molecular weight is 434 g/mol. The van der Waals surface area contributed by atoms with Crippen molar-refractivity contribution in [2.75, 3.05) is 26.3 Å². The number of amides is 1. The summed E-state index contributed by atoms with van der Waals surface area (Å²) < 4.78 is 5.42. The smallest absolute Gasteiger partial charge is 0.227 e. The summed E-state index contributed by atoms with van der Waals surface area (Å²) in [5.74, 6) is 0.0729. The van der Waals surface area contributed by atoms with Crippen LogP contribution >= 0.6 is 24.8 Å². The molecular formula is C21H37Cl2N3O2. The third-order valence-corrected chi connectivity index (χ3v) is 6.09. The van der Waals surface area contributed by atoms with E-state index in [0.29, 0.717) is 39.1 Å². The molecule has 1 aromatic rings. The van der Waals surface area contributed by atoms with E-state index < -0.39 is 5.41 Å². The maximum absolute atomic E-state index is 12.9. The highest BCUT2D eigenvalue weighted by atomic mass is 35.5. The Labute approximate surface area is 182 Å². The van der Waals surface area contributed by atoms with E-state index in [4.69, 9.17) is 10.5 Å². The highest BCUT2D eigenvalue weighted by molar-refractivity contribution is 5.85. The molecule has 4 N–H and O–H groups in total. The first-order chi connectivity index (χ1) is 12.5. The number of rotatable bonds is 9. The fourth-order valence-corrected chi connectivity index (χ4v) is 3.76. The second-order valence-electron chi connectivity index (χ2n) is 7.54. The number of benzene rings is 1. The van der Waals surface area contributed by atoms with Crippen LogP contribution in [-0.4, -0.2) is 37.7 Å². The molecule has 1 aliphatic rings. The van der Waals surface area contributed by atoms with Crippen molar-refractivity contribution in [1.29, 1.82) is 0 Å². The van der Waals surface area contributed by atoms with Crippen molar-refractivity contribution in [2.45, 2.75) is 58.0 Å². The summed E-state index contributed by atoms with van der Waals surface area (Å²) in [6, 6.07) is 10.6. The molecule has 0 saturated carbocycles. The molecule has 7 heteroatoms. The Bertz CT molecular complexity index is 562. The predicted octanol–water partition coefficient (Wildman–Crippen LogP) is 3.61. The Balaban J connectivity index is 0.00000364. The maximum atomic E-state index is 12.9. The SMILES string of the molecule is CCC(CC)(CNC(=O)C1(CN)CCOCC1)NC(C)c1ccccc1.Cl.Cl. The first kappa shape index (κ1) is 27.1. The Kier molecular flexibility index (Phi) is 12.3. The van der Waals surface area contributed by atoms with Crippen molar-refractivity contribution in [3.05, 3.63) is 35.9 Å². The van der Waals surface area contributed by atoms with Crippen LogP contribution in [0.2, 0.25) is 0 Å². The number of nitrogens with two attached hydrogens (primary N) is 1. The van der Waals surface area contributed by atoms with Gasteiger partial charge in [-0.1, -0.05) is 44.2 Å². The van der Waals surface area contributed by atoms with Gasteiger partial charge in [0.1, 0.15) is 0 Å². The molecule has 28 heavy (non-hydrogen) atoms. The standard InChI is InChI=1S/C21H35N3O2.2ClH/c1-4-21(5-2,24-17(3)18-9-7-6-8-10-18)16-23-19(25)20(15-22)11-13-26-14-12-20;;/h6-10,17,24H,4-5,11-16,22H2,1-3H3,(H,23,25);2*1H. The summed E-state index contributed by atoms with van der Waals surface area (Å²) in [5, 5.41) is 6.97. The quantitative estimate of drug-likeness (QED) is 0.555. The molecule has 0 bridgehead atoms. The van der Waals surface area contributed by atoms with E-state index in [9.17, 15) is 4.79 Å². The molecule has 0 aliphatic carbocycles. The molecule has 1 unspecified atom stereocenters. The van der Waals surface area contributed by atoms with Crippen molar-refractivity contribution < 1.29 is 9.53 Å². The summed E-state index contributed by atoms with van der Waals surface area (Å²) >= 11 is 0. The van der Waals surface area contributed by atoms with Crippen LogP contribution in [0.15, 0.2) is 30.3 Å². The molecular weight excluding hydrogens is 397 g/mol. The lowest BCUT2D eigenvalue weighted by molar-refractivity contribution is -0.136. The molecule has 2 rings (SSSR count). The second kappa shape index (κ2) is 12.7. The van der Waals surface area contributed by atoms with Gasteiger partial charge >= 0.3 is 0 Å². The molecule has 1 amide bonds. The molecule has 1 saturated heterocycles. The van der Waals surface area contributed by atoms with Gasteiger partial charge < -0.3 is 21.1 Å². The second-order valence-corrected chi connectivity index (χ2v) is 7.54. The highest BCUT2D eigenvalue weighted by Crippen LogP contribution is 2.30. The lowest BCUT2D eigenvalue weighted by Crippen LogP contribution is -2.57. The van der Waals surface area contributed by atoms with Crippen LogP contribution in [0.5, 0.6) is 0 Å². The topological polar surface area (TPSA) is 76.4 Å². The van der Waals surface area contributed by atoms with Crippen molar-refractivity contribution in [3.8, 4) is 0 Å². The highest BCUT2D eigenvalue weighted by Gasteiger charge is 2.40. The van der Waals surface area contributed by atoms with Gasteiger partial charge in [0.2, 0.25) is 5.91 Å². The zero-order valence-electron chi connectivity index (χ0n) is 17.3. The van der Waals surface area contributed by atoms with E-state index in [1.165, 1.54) is 5.56 Å². The number of ether oxygens (including phenoxy) is 1. The summed E-state index contributed by atoms with van der Waals surface area (Å²) in [6.07, 6.45) is 3.29. The van der Waals surface area contributed by atoms with Gasteiger partial charge in [0.15, 0.2) is 0 Å². The number of carbonyl (C=O) groups excluding carboxylic acids is 1. The monoisotopic (exact) mass is 433 g/mol. The minimum absolute atomic E-state index is 0. The lowest BCUT2D eigenvalue weighted by Gasteiger charge is -2.39. The molecule has 0 radical (unpaired) electrons. The Morgan fingerprint density at radius 2 is 1.75 bits per heavy atom. The maximum Gasteiger partial charge on any atom is 0.227 e. The van der Waals surface area contributed by atoms with Crippen LogP contribution < -0.4 is 16.4 Å². The van der Waals surface area contributed by atoms with Gasteiger partial charge in [-0.15, -0.1) is 24.8 Å². The van der Waals surface area contributed by atoms with Crippen molar-refractivity contribution >= 4 is 30.7 Å². The first-order valence-corrected chi connectivity index (χ1v) is 9.89. The fraction of sp³-hybridized carbons (Fsp3) is 0.667. The molecule has 1 aliphatic heterocycles. The number of carbonyl (C=O) groups is 1. The summed E-state index contributed by atoms with van der Waals surface area (Å²) in [7, 11) is 0. The molecule has 5 nitrogen and oxygen atoms in total. The molecule has 0 spiro atoms. The minimum atomic E-state index is -0.476.